The Morgan fingerprint density at radius 2 is 1.19 bits per heavy atom. The summed E-state index contributed by atoms with van der Waals surface area (Å²) in [7, 11) is 0. The molecule has 0 aromatic rings. The van der Waals surface area contributed by atoms with Crippen molar-refractivity contribution >= 4 is 6.47 Å². The van der Waals surface area contributed by atoms with Gasteiger partial charge in [-0.15, -0.1) is 0 Å². The molecule has 0 aliphatic heterocycles. The molecule has 0 aliphatic carbocycles. The molecule has 3 nitrogen and oxygen atoms in total. The Bertz CT molecular complexity index is 137. The monoisotopic (exact) mass is 230 g/mol. The molecule has 96 valence electrons. The highest BCUT2D eigenvalue weighted by Gasteiger charge is 1.93. The van der Waals surface area contributed by atoms with Crippen LogP contribution in [-0.4, -0.2) is 24.8 Å². The average molecular weight is 230 g/mol. The normalized spacial score (nSPS) is 10.3. The Morgan fingerprint density at radius 1 is 0.750 bits per heavy atom. The van der Waals surface area contributed by atoms with Crippen molar-refractivity contribution in [2.24, 2.45) is 0 Å². The molecule has 0 spiro atoms. The maximum absolute atomic E-state index is 9.85. The van der Waals surface area contributed by atoms with E-state index >= 15 is 0 Å². The molecule has 0 aromatic carbocycles. The van der Waals surface area contributed by atoms with Gasteiger partial charge in [-0.2, -0.15) is 0 Å². The van der Waals surface area contributed by atoms with Gasteiger partial charge in [-0.05, 0) is 12.8 Å². The fraction of sp³-hybridized carbons (Fsp3) is 0.923. The minimum absolute atomic E-state index is 0.336. The molecule has 0 atom stereocenters. The van der Waals surface area contributed by atoms with E-state index in [1.165, 1.54) is 51.4 Å². The number of ether oxygens (including phenoxy) is 1. The first kappa shape index (κ1) is 15.4. The topological polar surface area (TPSA) is 46.5 Å². The molecule has 0 fully saturated rings. The Balaban J connectivity index is 2.85. The van der Waals surface area contributed by atoms with E-state index < -0.39 is 0 Å². The van der Waals surface area contributed by atoms with Crippen LogP contribution in [0.3, 0.4) is 0 Å². The van der Waals surface area contributed by atoms with E-state index in [2.05, 4.69) is 4.74 Å². The average Bonchev–Trinajstić information content (AvgIpc) is 2.31. The zero-order chi connectivity index (χ0) is 11.9. The predicted molar refractivity (Wildman–Crippen MR) is 65.3 cm³/mol. The number of hydrogen-bond donors (Lipinski definition) is 1. The highest BCUT2D eigenvalue weighted by atomic mass is 16.5. The third-order valence-corrected chi connectivity index (χ3v) is 2.74. The van der Waals surface area contributed by atoms with Crippen LogP contribution in [0, 0.1) is 0 Å². The summed E-state index contributed by atoms with van der Waals surface area (Å²) in [6.07, 6.45) is 12.0. The zero-order valence-corrected chi connectivity index (χ0v) is 10.3. The van der Waals surface area contributed by atoms with Crippen molar-refractivity contribution in [3.8, 4) is 0 Å². The fourth-order valence-corrected chi connectivity index (χ4v) is 1.76. The maximum atomic E-state index is 9.85. The number of carbonyl (C=O) groups is 1. The summed E-state index contributed by atoms with van der Waals surface area (Å²) in [5, 5.41) is 8.60. The van der Waals surface area contributed by atoms with Crippen LogP contribution in [0.4, 0.5) is 0 Å². The lowest BCUT2D eigenvalue weighted by atomic mass is 10.1. The van der Waals surface area contributed by atoms with Gasteiger partial charge in [0.15, 0.2) is 0 Å². The minimum Gasteiger partial charge on any atom is -0.468 e. The van der Waals surface area contributed by atoms with Gasteiger partial charge in [0.1, 0.15) is 0 Å². The van der Waals surface area contributed by atoms with Gasteiger partial charge in [0.05, 0.1) is 6.61 Å². The molecule has 16 heavy (non-hydrogen) atoms. The van der Waals surface area contributed by atoms with Crippen molar-refractivity contribution in [3.05, 3.63) is 0 Å². The van der Waals surface area contributed by atoms with Crippen LogP contribution in [0.5, 0.6) is 0 Å². The molecule has 1 N–H and O–H groups in total. The summed E-state index contributed by atoms with van der Waals surface area (Å²) in [6, 6.07) is 0. The van der Waals surface area contributed by atoms with Crippen LogP contribution in [0.1, 0.15) is 64.2 Å². The Kier molecular flexibility index (Phi) is 13.9. The quantitative estimate of drug-likeness (QED) is 0.391. The van der Waals surface area contributed by atoms with E-state index in [1.54, 1.807) is 0 Å². The molecule has 0 radical (unpaired) electrons. The first-order chi connectivity index (χ1) is 7.91. The number of hydrogen-bond acceptors (Lipinski definition) is 3. The number of aliphatic hydroxyl groups excluding tert-OH is 1. The Hall–Kier alpha value is -0.570. The van der Waals surface area contributed by atoms with Crippen molar-refractivity contribution in [1.82, 2.24) is 0 Å². The van der Waals surface area contributed by atoms with Gasteiger partial charge in [0, 0.05) is 6.61 Å². The summed E-state index contributed by atoms with van der Waals surface area (Å²) < 4.78 is 4.62. The van der Waals surface area contributed by atoms with E-state index in [4.69, 9.17) is 5.11 Å². The Morgan fingerprint density at radius 3 is 1.62 bits per heavy atom. The van der Waals surface area contributed by atoms with Gasteiger partial charge >= 0.3 is 0 Å². The van der Waals surface area contributed by atoms with Gasteiger partial charge in [0.2, 0.25) is 0 Å². The van der Waals surface area contributed by atoms with E-state index in [1.807, 2.05) is 0 Å². The predicted octanol–water partition coefficient (Wildman–Crippen LogP) is 3.05. The summed E-state index contributed by atoms with van der Waals surface area (Å²) in [5.41, 5.74) is 0. The largest absolute Gasteiger partial charge is 0.468 e. The molecule has 0 rings (SSSR count). The van der Waals surface area contributed by atoms with Crippen LogP contribution in [-0.2, 0) is 9.53 Å². The number of carbonyl (C=O) groups excluding carboxylic acids is 1. The molecule has 0 amide bonds. The van der Waals surface area contributed by atoms with Crippen molar-refractivity contribution in [2.75, 3.05) is 13.2 Å². The van der Waals surface area contributed by atoms with Crippen LogP contribution in [0.15, 0.2) is 0 Å². The van der Waals surface area contributed by atoms with Crippen molar-refractivity contribution in [3.63, 3.8) is 0 Å². The summed E-state index contributed by atoms with van der Waals surface area (Å²) in [5.74, 6) is 0. The molecule has 3 heteroatoms. The van der Waals surface area contributed by atoms with Crippen LogP contribution in [0.2, 0.25) is 0 Å². The first-order valence-corrected chi connectivity index (χ1v) is 6.58. The maximum Gasteiger partial charge on any atom is 0.293 e. The van der Waals surface area contributed by atoms with Crippen molar-refractivity contribution in [1.29, 1.82) is 0 Å². The standard InChI is InChI=1S/C13H26O3/c14-11-9-7-5-3-1-2-4-6-8-10-12-16-13-15/h13-14H,1-12H2. The lowest BCUT2D eigenvalue weighted by molar-refractivity contribution is -0.128. The highest BCUT2D eigenvalue weighted by molar-refractivity contribution is 5.36. The second-order valence-electron chi connectivity index (χ2n) is 4.23. The van der Waals surface area contributed by atoms with Gasteiger partial charge in [0.25, 0.3) is 6.47 Å². The van der Waals surface area contributed by atoms with Gasteiger partial charge in [-0.25, -0.2) is 0 Å². The third kappa shape index (κ3) is 13.4. The summed E-state index contributed by atoms with van der Waals surface area (Å²) in [6.45, 7) is 1.43. The van der Waals surface area contributed by atoms with Crippen molar-refractivity contribution < 1.29 is 14.6 Å². The highest BCUT2D eigenvalue weighted by Crippen LogP contribution is 2.10. The second-order valence-corrected chi connectivity index (χ2v) is 4.23. The lowest BCUT2D eigenvalue weighted by Gasteiger charge is -2.02. The summed E-state index contributed by atoms with van der Waals surface area (Å²) in [4.78, 5) is 9.85. The molecule has 0 heterocycles. The molecule has 0 aliphatic rings. The molecule has 0 aromatic heterocycles. The van der Waals surface area contributed by atoms with E-state index in [9.17, 15) is 4.79 Å². The summed E-state index contributed by atoms with van der Waals surface area (Å²) >= 11 is 0. The van der Waals surface area contributed by atoms with E-state index in [0.717, 1.165) is 12.8 Å². The Labute approximate surface area is 99.2 Å². The van der Waals surface area contributed by atoms with Crippen LogP contribution >= 0.6 is 0 Å². The molecule has 0 unspecified atom stereocenters. The molecule has 0 saturated carbocycles. The van der Waals surface area contributed by atoms with Gasteiger partial charge < -0.3 is 9.84 Å². The van der Waals surface area contributed by atoms with E-state index in [0.29, 0.717) is 19.7 Å². The lowest BCUT2D eigenvalue weighted by Crippen LogP contribution is -1.91. The number of aliphatic hydroxyl groups is 1. The number of rotatable bonds is 13. The molecular weight excluding hydrogens is 204 g/mol. The molecule has 0 bridgehead atoms. The van der Waals surface area contributed by atoms with Crippen LogP contribution < -0.4 is 0 Å². The second kappa shape index (κ2) is 14.4. The van der Waals surface area contributed by atoms with Crippen LogP contribution in [0.25, 0.3) is 0 Å². The minimum atomic E-state index is 0.336. The smallest absolute Gasteiger partial charge is 0.293 e. The van der Waals surface area contributed by atoms with Crippen molar-refractivity contribution in [2.45, 2.75) is 64.2 Å². The zero-order valence-electron chi connectivity index (χ0n) is 10.3. The first-order valence-electron chi connectivity index (χ1n) is 6.58. The van der Waals surface area contributed by atoms with Gasteiger partial charge in [-0.3, -0.25) is 4.79 Å². The van der Waals surface area contributed by atoms with E-state index in [-0.39, 0.29) is 0 Å². The fourth-order valence-electron chi connectivity index (χ4n) is 1.76. The molecular formula is C13H26O3. The SMILES string of the molecule is O=COCCCCCCCCCCCCO. The third-order valence-electron chi connectivity index (χ3n) is 2.74. The van der Waals surface area contributed by atoms with Gasteiger partial charge in [-0.1, -0.05) is 51.4 Å². The molecule has 0 saturated heterocycles. The number of unbranched alkanes of at least 4 members (excludes halogenated alkanes) is 9.